The van der Waals surface area contributed by atoms with Gasteiger partial charge in [-0.15, -0.1) is 0 Å². The van der Waals surface area contributed by atoms with Gasteiger partial charge in [0.2, 0.25) is 0 Å². The van der Waals surface area contributed by atoms with Crippen molar-refractivity contribution in [1.82, 2.24) is 4.90 Å². The van der Waals surface area contributed by atoms with E-state index in [1.54, 1.807) is 24.3 Å². The molecule has 2 aromatic carbocycles. The quantitative estimate of drug-likeness (QED) is 0.784. The third kappa shape index (κ3) is 5.00. The Morgan fingerprint density at radius 3 is 2.29 bits per heavy atom. The number of ether oxygens (including phenoxy) is 1. The minimum atomic E-state index is -0.832. The van der Waals surface area contributed by atoms with E-state index in [-0.39, 0.29) is 0 Å². The predicted octanol–water partition coefficient (Wildman–Crippen LogP) is 4.17. The van der Waals surface area contributed by atoms with E-state index in [9.17, 15) is 9.90 Å². The summed E-state index contributed by atoms with van der Waals surface area (Å²) in [4.78, 5) is 12.8. The second kappa shape index (κ2) is 9.19. The first-order valence-electron chi connectivity index (χ1n) is 9.72. The molecule has 4 nitrogen and oxygen atoms in total. The summed E-state index contributed by atoms with van der Waals surface area (Å²) in [7, 11) is 2.19. The molecule has 2 aliphatic heterocycles. The Bertz CT molecular complexity index is 794. The lowest BCUT2D eigenvalue weighted by molar-refractivity contribution is -0.184. The third-order valence-corrected chi connectivity index (χ3v) is 6.06. The molecule has 2 aromatic rings. The van der Waals surface area contributed by atoms with E-state index in [0.29, 0.717) is 24.7 Å². The number of aliphatic hydroxyl groups is 1. The van der Waals surface area contributed by atoms with Crippen LogP contribution in [0.1, 0.15) is 45.8 Å². The van der Waals surface area contributed by atoms with E-state index in [2.05, 4.69) is 37.1 Å². The van der Waals surface area contributed by atoms with Gasteiger partial charge in [-0.25, -0.2) is 0 Å². The molecule has 2 fully saturated rings. The van der Waals surface area contributed by atoms with Crippen molar-refractivity contribution in [3.63, 3.8) is 0 Å². The number of aldehydes is 1. The van der Waals surface area contributed by atoms with Crippen molar-refractivity contribution in [2.45, 2.75) is 31.3 Å². The average molecular weight is 402 g/mol. The van der Waals surface area contributed by atoms with Crippen molar-refractivity contribution in [2.24, 2.45) is 0 Å². The smallest absolute Gasteiger partial charge is 0.150 e. The Morgan fingerprint density at radius 2 is 1.79 bits per heavy atom. The molecule has 0 atom stereocenters. The van der Waals surface area contributed by atoms with Crippen molar-refractivity contribution in [1.29, 1.82) is 0 Å². The summed E-state index contributed by atoms with van der Waals surface area (Å²) in [6.45, 7) is 5.15. The Kier molecular flexibility index (Phi) is 6.89. The summed E-state index contributed by atoms with van der Waals surface area (Å²) in [5, 5.41) is 10.7. The lowest BCUT2D eigenvalue weighted by atomic mass is 9.89. The fraction of sp³-hybridized carbons (Fsp3) is 0.435. The molecular formula is C23H28ClNO3. The van der Waals surface area contributed by atoms with Crippen molar-refractivity contribution < 1.29 is 14.6 Å². The highest BCUT2D eigenvalue weighted by Gasteiger charge is 2.37. The molecule has 5 heteroatoms. The first-order chi connectivity index (χ1) is 13.4. The maximum Gasteiger partial charge on any atom is 0.150 e. The van der Waals surface area contributed by atoms with Gasteiger partial charge in [-0.2, -0.15) is 0 Å². The number of carbonyl (C=O) groups is 1. The minimum absolute atomic E-state index is 0.341. The molecule has 1 N–H and O–H groups in total. The lowest BCUT2D eigenvalue weighted by Crippen LogP contribution is -2.46. The first kappa shape index (κ1) is 21.0. The van der Waals surface area contributed by atoms with E-state index in [0.717, 1.165) is 16.9 Å². The highest BCUT2D eigenvalue weighted by molar-refractivity contribution is 6.31. The number of aryl methyl sites for hydroxylation is 1. The van der Waals surface area contributed by atoms with Crippen LogP contribution in [0.4, 0.5) is 0 Å². The van der Waals surface area contributed by atoms with Crippen molar-refractivity contribution in [3.8, 4) is 0 Å². The van der Waals surface area contributed by atoms with Crippen LogP contribution < -0.4 is 0 Å². The van der Waals surface area contributed by atoms with Gasteiger partial charge in [0.15, 0.2) is 0 Å². The monoisotopic (exact) mass is 401 g/mol. The standard InChI is InChI=1S/C13H18ClN.C10H10O3/c1-10-3-4-12(9-13(10)14)11-5-7-15(2)8-6-11;11-5-8-1-3-9(4-2-8)10(12)6-13-7-10/h3-4,9,11H,5-8H2,1-2H3;1-5,12H,6-7H2. The van der Waals surface area contributed by atoms with Crippen LogP contribution >= 0.6 is 11.6 Å². The Morgan fingerprint density at radius 1 is 1.14 bits per heavy atom. The molecule has 0 bridgehead atoms. The molecule has 0 radical (unpaired) electrons. The topological polar surface area (TPSA) is 49.8 Å². The van der Waals surface area contributed by atoms with Crippen LogP contribution in [0.25, 0.3) is 0 Å². The van der Waals surface area contributed by atoms with Gasteiger partial charge in [0.25, 0.3) is 0 Å². The van der Waals surface area contributed by atoms with Gasteiger partial charge in [0.05, 0.1) is 13.2 Å². The molecule has 2 heterocycles. The second-order valence-electron chi connectivity index (χ2n) is 7.85. The molecule has 0 amide bonds. The maximum atomic E-state index is 10.4. The van der Waals surface area contributed by atoms with E-state index < -0.39 is 5.60 Å². The second-order valence-corrected chi connectivity index (χ2v) is 8.26. The van der Waals surface area contributed by atoms with Crippen LogP contribution in [0.3, 0.4) is 0 Å². The highest BCUT2D eigenvalue weighted by Crippen LogP contribution is 2.30. The van der Waals surface area contributed by atoms with Gasteiger partial charge >= 0.3 is 0 Å². The van der Waals surface area contributed by atoms with Crippen molar-refractivity contribution >= 4 is 17.9 Å². The summed E-state index contributed by atoms with van der Waals surface area (Å²) < 4.78 is 4.93. The number of hydrogen-bond donors (Lipinski definition) is 1. The first-order valence-corrected chi connectivity index (χ1v) is 10.1. The lowest BCUT2D eigenvalue weighted by Gasteiger charge is -2.36. The van der Waals surface area contributed by atoms with E-state index in [1.165, 1.54) is 37.1 Å². The number of piperidine rings is 1. The van der Waals surface area contributed by atoms with Crippen molar-refractivity contribution in [3.05, 3.63) is 69.7 Å². The molecule has 2 saturated heterocycles. The summed E-state index contributed by atoms with van der Waals surface area (Å²) in [5.41, 5.74) is 3.19. The van der Waals surface area contributed by atoms with Gasteiger partial charge in [-0.3, -0.25) is 4.79 Å². The molecule has 28 heavy (non-hydrogen) atoms. The number of nitrogens with zero attached hydrogens (tertiary/aromatic N) is 1. The molecule has 0 aromatic heterocycles. The van der Waals surface area contributed by atoms with Gasteiger partial charge in [0.1, 0.15) is 11.9 Å². The van der Waals surface area contributed by atoms with E-state index in [4.69, 9.17) is 16.3 Å². The highest BCUT2D eigenvalue weighted by atomic mass is 35.5. The normalized spacial score (nSPS) is 19.3. The van der Waals surface area contributed by atoms with Crippen molar-refractivity contribution in [2.75, 3.05) is 33.4 Å². The van der Waals surface area contributed by atoms with Gasteiger partial charge < -0.3 is 14.7 Å². The molecule has 2 aliphatic rings. The summed E-state index contributed by atoms with van der Waals surface area (Å²) in [6, 6.07) is 13.4. The number of halogens is 1. The molecule has 150 valence electrons. The Hall–Kier alpha value is -1.72. The number of benzene rings is 2. The minimum Gasteiger partial charge on any atom is -0.380 e. The van der Waals surface area contributed by atoms with Crippen LogP contribution in [0.5, 0.6) is 0 Å². The molecule has 0 spiro atoms. The predicted molar refractivity (Wildman–Crippen MR) is 112 cm³/mol. The fourth-order valence-corrected chi connectivity index (χ4v) is 3.73. The van der Waals surface area contributed by atoms with Crippen LogP contribution in [0, 0.1) is 6.92 Å². The number of rotatable bonds is 3. The Labute approximate surface area is 172 Å². The molecule has 0 saturated carbocycles. The molecule has 0 unspecified atom stereocenters. The third-order valence-electron chi connectivity index (χ3n) is 5.65. The zero-order valence-electron chi connectivity index (χ0n) is 16.5. The fourth-order valence-electron chi connectivity index (χ4n) is 3.54. The van der Waals surface area contributed by atoms with Crippen LogP contribution in [0.2, 0.25) is 5.02 Å². The van der Waals surface area contributed by atoms with Gasteiger partial charge in [-0.05, 0) is 68.6 Å². The molecular weight excluding hydrogens is 374 g/mol. The average Bonchev–Trinajstić information content (AvgIpc) is 2.69. The van der Waals surface area contributed by atoms with Crippen LogP contribution in [-0.4, -0.2) is 49.6 Å². The van der Waals surface area contributed by atoms with Gasteiger partial charge in [0, 0.05) is 10.6 Å². The van der Waals surface area contributed by atoms with E-state index >= 15 is 0 Å². The van der Waals surface area contributed by atoms with Crippen LogP contribution in [-0.2, 0) is 10.3 Å². The zero-order chi connectivity index (χ0) is 20.1. The number of hydrogen-bond acceptors (Lipinski definition) is 4. The zero-order valence-corrected chi connectivity index (χ0v) is 17.3. The summed E-state index contributed by atoms with van der Waals surface area (Å²) in [6.07, 6.45) is 3.30. The summed E-state index contributed by atoms with van der Waals surface area (Å²) in [5.74, 6) is 0.708. The Balaban J connectivity index is 0.000000162. The van der Waals surface area contributed by atoms with Gasteiger partial charge in [-0.1, -0.05) is 48.0 Å². The number of likely N-dealkylation sites (tertiary alicyclic amines) is 1. The maximum absolute atomic E-state index is 10.4. The number of carbonyl (C=O) groups excluding carboxylic acids is 1. The SMILES string of the molecule is Cc1ccc(C2CCN(C)CC2)cc1Cl.O=Cc1ccc(C2(O)COC2)cc1. The molecule has 4 rings (SSSR count). The van der Waals surface area contributed by atoms with Crippen LogP contribution in [0.15, 0.2) is 42.5 Å². The summed E-state index contributed by atoms with van der Waals surface area (Å²) >= 11 is 6.15. The van der Waals surface area contributed by atoms with E-state index in [1.807, 2.05) is 0 Å². The molecule has 0 aliphatic carbocycles. The largest absolute Gasteiger partial charge is 0.380 e.